The molecule has 6 nitrogen and oxygen atoms in total. The number of rotatable bonds is 8. The third kappa shape index (κ3) is 4.49. The quantitative estimate of drug-likeness (QED) is 0.414. The van der Waals surface area contributed by atoms with Gasteiger partial charge < -0.3 is 13.9 Å². The Morgan fingerprint density at radius 2 is 1.96 bits per heavy atom. The first-order chi connectivity index (χ1) is 13.1. The van der Waals surface area contributed by atoms with E-state index in [0.717, 1.165) is 16.9 Å². The van der Waals surface area contributed by atoms with E-state index in [1.165, 1.54) is 11.8 Å². The van der Waals surface area contributed by atoms with Crippen LogP contribution in [0.15, 0.2) is 52.1 Å². The van der Waals surface area contributed by atoms with E-state index < -0.39 is 0 Å². The summed E-state index contributed by atoms with van der Waals surface area (Å²) in [5, 5.41) is 8.64. The van der Waals surface area contributed by atoms with E-state index in [-0.39, 0.29) is 5.78 Å². The summed E-state index contributed by atoms with van der Waals surface area (Å²) >= 11 is 1.39. The molecule has 0 unspecified atom stereocenters. The Morgan fingerprint density at radius 1 is 1.15 bits per heavy atom. The van der Waals surface area contributed by atoms with Gasteiger partial charge in [-0.05, 0) is 44.2 Å². The SMILES string of the molecule is CCOc1ccc(C(C)=O)cc1CSc1nnc(-c2ccccc2OC)o1. The van der Waals surface area contributed by atoms with Crippen LogP contribution in [0.4, 0.5) is 0 Å². The molecule has 27 heavy (non-hydrogen) atoms. The van der Waals surface area contributed by atoms with Crippen molar-refractivity contribution in [3.63, 3.8) is 0 Å². The van der Waals surface area contributed by atoms with E-state index in [1.54, 1.807) is 20.1 Å². The van der Waals surface area contributed by atoms with Crippen LogP contribution in [0.2, 0.25) is 0 Å². The average Bonchev–Trinajstić information content (AvgIpc) is 3.16. The Kier molecular flexibility index (Phi) is 6.13. The van der Waals surface area contributed by atoms with E-state index in [1.807, 2.05) is 43.3 Å². The third-order valence-corrected chi connectivity index (χ3v) is 4.73. The lowest BCUT2D eigenvalue weighted by Crippen LogP contribution is -1.99. The number of thioether (sulfide) groups is 1. The zero-order valence-electron chi connectivity index (χ0n) is 15.4. The van der Waals surface area contributed by atoms with Crippen LogP contribution in [0.3, 0.4) is 0 Å². The van der Waals surface area contributed by atoms with Crippen LogP contribution in [0.1, 0.15) is 29.8 Å². The van der Waals surface area contributed by atoms with Crippen molar-refractivity contribution in [3.8, 4) is 23.0 Å². The van der Waals surface area contributed by atoms with Crippen molar-refractivity contribution in [1.29, 1.82) is 0 Å². The molecule has 7 heteroatoms. The molecule has 0 aliphatic heterocycles. The summed E-state index contributed by atoms with van der Waals surface area (Å²) in [5.74, 6) is 2.38. The first kappa shape index (κ1) is 19.0. The lowest BCUT2D eigenvalue weighted by atomic mass is 10.1. The molecule has 0 aliphatic rings. The third-order valence-electron chi connectivity index (χ3n) is 3.86. The van der Waals surface area contributed by atoms with Gasteiger partial charge in [0.2, 0.25) is 0 Å². The second kappa shape index (κ2) is 8.73. The molecule has 3 rings (SSSR count). The Morgan fingerprint density at radius 3 is 2.70 bits per heavy atom. The standard InChI is InChI=1S/C20H20N2O4S/c1-4-25-17-10-9-14(13(2)23)11-15(17)12-27-20-22-21-19(26-20)16-7-5-6-8-18(16)24-3/h5-11H,4,12H2,1-3H3. The Hall–Kier alpha value is -2.80. The molecule has 0 fully saturated rings. The second-order valence-corrected chi connectivity index (χ2v) is 6.60. The monoisotopic (exact) mass is 384 g/mol. The molecule has 0 radical (unpaired) electrons. The van der Waals surface area contributed by atoms with E-state index in [0.29, 0.717) is 34.8 Å². The number of hydrogen-bond donors (Lipinski definition) is 0. The molecule has 0 bridgehead atoms. The largest absolute Gasteiger partial charge is 0.496 e. The van der Waals surface area contributed by atoms with Gasteiger partial charge in [0.25, 0.3) is 11.1 Å². The number of carbonyl (C=O) groups excluding carboxylic acids is 1. The summed E-state index contributed by atoms with van der Waals surface area (Å²) in [6, 6.07) is 12.9. The van der Waals surface area contributed by atoms with E-state index in [2.05, 4.69) is 10.2 Å². The van der Waals surface area contributed by atoms with Crippen LogP contribution >= 0.6 is 11.8 Å². The number of ether oxygens (including phenoxy) is 2. The maximum absolute atomic E-state index is 11.7. The number of nitrogens with zero attached hydrogens (tertiary/aromatic N) is 2. The number of Topliss-reactive ketones (excluding diaryl/α,β-unsaturated/α-hetero) is 1. The van der Waals surface area contributed by atoms with Gasteiger partial charge in [0.1, 0.15) is 11.5 Å². The van der Waals surface area contributed by atoms with Crippen LogP contribution in [0.5, 0.6) is 11.5 Å². The zero-order chi connectivity index (χ0) is 19.2. The maximum Gasteiger partial charge on any atom is 0.277 e. The lowest BCUT2D eigenvalue weighted by Gasteiger charge is -2.10. The molecule has 0 saturated carbocycles. The first-order valence-electron chi connectivity index (χ1n) is 8.48. The van der Waals surface area contributed by atoms with Gasteiger partial charge >= 0.3 is 0 Å². The van der Waals surface area contributed by atoms with Gasteiger partial charge in [0.15, 0.2) is 5.78 Å². The summed E-state index contributed by atoms with van der Waals surface area (Å²) < 4.78 is 16.8. The number of hydrogen-bond acceptors (Lipinski definition) is 7. The highest BCUT2D eigenvalue weighted by Gasteiger charge is 2.15. The summed E-state index contributed by atoms with van der Waals surface area (Å²) in [6.45, 7) is 4.02. The summed E-state index contributed by atoms with van der Waals surface area (Å²) in [6.07, 6.45) is 0. The predicted octanol–water partition coefficient (Wildman–Crippen LogP) is 4.64. The van der Waals surface area contributed by atoms with Crippen molar-refractivity contribution >= 4 is 17.5 Å². The highest BCUT2D eigenvalue weighted by Crippen LogP contribution is 2.33. The van der Waals surface area contributed by atoms with Crippen molar-refractivity contribution in [2.75, 3.05) is 13.7 Å². The predicted molar refractivity (Wildman–Crippen MR) is 103 cm³/mol. The fourth-order valence-electron chi connectivity index (χ4n) is 2.55. The Balaban J connectivity index is 1.79. The number of carbonyl (C=O) groups is 1. The van der Waals surface area contributed by atoms with Crippen LogP contribution in [0, 0.1) is 0 Å². The number of methoxy groups -OCH3 is 1. The van der Waals surface area contributed by atoms with Gasteiger partial charge in [-0.3, -0.25) is 4.79 Å². The normalized spacial score (nSPS) is 10.6. The van der Waals surface area contributed by atoms with Crippen molar-refractivity contribution in [3.05, 3.63) is 53.6 Å². The average molecular weight is 384 g/mol. The van der Waals surface area contributed by atoms with Crippen LogP contribution < -0.4 is 9.47 Å². The maximum atomic E-state index is 11.7. The number of ketones is 1. The summed E-state index contributed by atoms with van der Waals surface area (Å²) in [7, 11) is 1.60. The van der Waals surface area contributed by atoms with Gasteiger partial charge in [0, 0.05) is 16.9 Å². The topological polar surface area (TPSA) is 74.5 Å². The smallest absolute Gasteiger partial charge is 0.277 e. The molecule has 0 amide bonds. The van der Waals surface area contributed by atoms with Crippen LogP contribution in [-0.4, -0.2) is 29.7 Å². The van der Waals surface area contributed by atoms with Crippen molar-refractivity contribution < 1.29 is 18.7 Å². The lowest BCUT2D eigenvalue weighted by molar-refractivity contribution is 0.101. The Bertz CT molecular complexity index is 939. The Labute approximate surface area is 161 Å². The highest BCUT2D eigenvalue weighted by molar-refractivity contribution is 7.98. The summed E-state index contributed by atoms with van der Waals surface area (Å²) in [5.41, 5.74) is 2.30. The molecule has 140 valence electrons. The number of para-hydroxylation sites is 1. The molecule has 0 spiro atoms. The van der Waals surface area contributed by atoms with E-state index in [9.17, 15) is 4.79 Å². The van der Waals surface area contributed by atoms with Gasteiger partial charge in [-0.15, -0.1) is 10.2 Å². The van der Waals surface area contributed by atoms with Crippen molar-refractivity contribution in [1.82, 2.24) is 10.2 Å². The zero-order valence-corrected chi connectivity index (χ0v) is 16.2. The highest BCUT2D eigenvalue weighted by atomic mass is 32.2. The number of aromatic nitrogens is 2. The minimum absolute atomic E-state index is 0.0144. The van der Waals surface area contributed by atoms with Crippen molar-refractivity contribution in [2.24, 2.45) is 0 Å². The minimum Gasteiger partial charge on any atom is -0.496 e. The summed E-state index contributed by atoms with van der Waals surface area (Å²) in [4.78, 5) is 11.7. The molecule has 0 aliphatic carbocycles. The van der Waals surface area contributed by atoms with Gasteiger partial charge in [-0.1, -0.05) is 23.9 Å². The molecular formula is C20H20N2O4S. The molecule has 1 heterocycles. The minimum atomic E-state index is 0.0144. The molecule has 3 aromatic rings. The van der Waals surface area contributed by atoms with Gasteiger partial charge in [-0.2, -0.15) is 0 Å². The second-order valence-electron chi connectivity index (χ2n) is 5.67. The fraction of sp³-hybridized carbons (Fsp3) is 0.250. The molecule has 0 atom stereocenters. The van der Waals surface area contributed by atoms with E-state index in [4.69, 9.17) is 13.9 Å². The molecule has 2 aromatic carbocycles. The van der Waals surface area contributed by atoms with Gasteiger partial charge in [0.05, 0.1) is 19.3 Å². The molecule has 0 N–H and O–H groups in total. The van der Waals surface area contributed by atoms with Gasteiger partial charge in [-0.25, -0.2) is 0 Å². The number of benzene rings is 2. The molecule has 1 aromatic heterocycles. The molecule has 0 saturated heterocycles. The molecular weight excluding hydrogens is 364 g/mol. The fourth-order valence-corrected chi connectivity index (χ4v) is 3.29. The van der Waals surface area contributed by atoms with Crippen LogP contribution in [0.25, 0.3) is 11.5 Å². The van der Waals surface area contributed by atoms with Crippen LogP contribution in [-0.2, 0) is 5.75 Å². The first-order valence-corrected chi connectivity index (χ1v) is 9.47. The van der Waals surface area contributed by atoms with E-state index >= 15 is 0 Å². The van der Waals surface area contributed by atoms with Crippen molar-refractivity contribution in [2.45, 2.75) is 24.8 Å².